The van der Waals surface area contributed by atoms with Gasteiger partial charge in [-0.15, -0.1) is 0 Å². The predicted octanol–water partition coefficient (Wildman–Crippen LogP) is 3.25. The predicted molar refractivity (Wildman–Crippen MR) is 78.5 cm³/mol. The lowest BCUT2D eigenvalue weighted by molar-refractivity contribution is 0.0697. The first kappa shape index (κ1) is 14.4. The second-order valence-corrected chi connectivity index (χ2v) is 4.71. The molecule has 5 nitrogen and oxygen atoms in total. The monoisotopic (exact) mass is 282 g/mol. The van der Waals surface area contributed by atoms with Crippen LogP contribution < -0.4 is 10.5 Å². The lowest BCUT2D eigenvalue weighted by Gasteiger charge is -2.13. The number of aryl methyl sites for hydroxylation is 2. The normalized spacial score (nSPS) is 9.95. The number of nitriles is 1. The smallest absolute Gasteiger partial charge is 0.337 e. The highest BCUT2D eigenvalue weighted by Crippen LogP contribution is 2.31. The summed E-state index contributed by atoms with van der Waals surface area (Å²) >= 11 is 0. The number of carboxylic acid groups (broad SMARTS) is 1. The number of carbonyl (C=O) groups is 1. The summed E-state index contributed by atoms with van der Waals surface area (Å²) in [6, 6.07) is 10.0. The Morgan fingerprint density at radius 1 is 1.24 bits per heavy atom. The van der Waals surface area contributed by atoms with E-state index in [0.29, 0.717) is 17.1 Å². The van der Waals surface area contributed by atoms with Gasteiger partial charge in [-0.3, -0.25) is 0 Å². The van der Waals surface area contributed by atoms with Gasteiger partial charge < -0.3 is 15.6 Å². The quantitative estimate of drug-likeness (QED) is 0.842. The average molecular weight is 282 g/mol. The summed E-state index contributed by atoms with van der Waals surface area (Å²) in [5.41, 5.74) is 7.96. The second kappa shape index (κ2) is 5.55. The van der Waals surface area contributed by atoms with Gasteiger partial charge >= 0.3 is 5.97 Å². The van der Waals surface area contributed by atoms with E-state index in [4.69, 9.17) is 20.8 Å². The number of rotatable bonds is 3. The highest BCUT2D eigenvalue weighted by molar-refractivity contribution is 5.94. The van der Waals surface area contributed by atoms with Crippen molar-refractivity contribution in [2.75, 3.05) is 5.73 Å². The van der Waals surface area contributed by atoms with Crippen molar-refractivity contribution in [3.63, 3.8) is 0 Å². The van der Waals surface area contributed by atoms with Gasteiger partial charge in [0, 0.05) is 5.69 Å². The third kappa shape index (κ3) is 2.95. The fraction of sp³-hybridized carbons (Fsp3) is 0.125. The zero-order chi connectivity index (χ0) is 15.6. The summed E-state index contributed by atoms with van der Waals surface area (Å²) in [6.45, 7) is 3.66. The van der Waals surface area contributed by atoms with E-state index in [2.05, 4.69) is 6.07 Å². The minimum atomic E-state index is -1.11. The summed E-state index contributed by atoms with van der Waals surface area (Å²) in [5.74, 6) is -0.112. The number of carboxylic acids is 1. The maximum Gasteiger partial charge on any atom is 0.337 e. The highest BCUT2D eigenvalue weighted by Gasteiger charge is 2.12. The maximum atomic E-state index is 11.1. The molecule has 0 bridgehead atoms. The van der Waals surface area contributed by atoms with Gasteiger partial charge in [-0.1, -0.05) is 0 Å². The Labute approximate surface area is 122 Å². The number of nitrogen functional groups attached to an aromatic ring is 1. The van der Waals surface area contributed by atoms with Crippen molar-refractivity contribution in [3.05, 3.63) is 52.6 Å². The van der Waals surface area contributed by atoms with Gasteiger partial charge in [0.15, 0.2) is 0 Å². The Bertz CT molecular complexity index is 738. The molecule has 106 valence electrons. The van der Waals surface area contributed by atoms with E-state index in [1.165, 1.54) is 12.1 Å². The molecule has 0 unspecified atom stereocenters. The van der Waals surface area contributed by atoms with Crippen LogP contribution in [0.3, 0.4) is 0 Å². The van der Waals surface area contributed by atoms with Gasteiger partial charge in [-0.25, -0.2) is 4.79 Å². The lowest BCUT2D eigenvalue weighted by atomic mass is 10.1. The van der Waals surface area contributed by atoms with Crippen molar-refractivity contribution in [3.8, 4) is 17.6 Å². The van der Waals surface area contributed by atoms with E-state index in [-0.39, 0.29) is 11.3 Å². The summed E-state index contributed by atoms with van der Waals surface area (Å²) in [6.07, 6.45) is 0. The van der Waals surface area contributed by atoms with Crippen molar-refractivity contribution in [2.24, 2.45) is 0 Å². The number of anilines is 1. The molecule has 0 saturated carbocycles. The van der Waals surface area contributed by atoms with Crippen LogP contribution >= 0.6 is 0 Å². The number of nitrogens with two attached hydrogens (primary N) is 1. The van der Waals surface area contributed by atoms with Gasteiger partial charge in [0.05, 0.1) is 17.2 Å². The lowest BCUT2D eigenvalue weighted by Crippen LogP contribution is -2.02. The molecule has 0 radical (unpaired) electrons. The van der Waals surface area contributed by atoms with Crippen LogP contribution in [-0.2, 0) is 0 Å². The molecule has 0 aromatic heterocycles. The highest BCUT2D eigenvalue weighted by atomic mass is 16.5. The molecule has 2 aromatic rings. The molecule has 0 aliphatic heterocycles. The van der Waals surface area contributed by atoms with Crippen molar-refractivity contribution in [2.45, 2.75) is 13.8 Å². The van der Waals surface area contributed by atoms with Crippen LogP contribution in [0, 0.1) is 25.2 Å². The van der Waals surface area contributed by atoms with E-state index in [0.717, 1.165) is 11.1 Å². The fourth-order valence-electron chi connectivity index (χ4n) is 2.08. The van der Waals surface area contributed by atoms with Crippen molar-refractivity contribution >= 4 is 11.7 Å². The summed E-state index contributed by atoms with van der Waals surface area (Å²) in [5, 5.41) is 18.0. The molecule has 5 heteroatoms. The summed E-state index contributed by atoms with van der Waals surface area (Å²) < 4.78 is 5.76. The molecule has 0 saturated heterocycles. The Kier molecular flexibility index (Phi) is 3.81. The number of nitrogens with zero attached hydrogens (tertiary/aromatic N) is 1. The van der Waals surface area contributed by atoms with E-state index >= 15 is 0 Å². The molecule has 0 atom stereocenters. The van der Waals surface area contributed by atoms with Crippen molar-refractivity contribution in [1.29, 1.82) is 5.26 Å². The molecule has 0 aliphatic carbocycles. The van der Waals surface area contributed by atoms with Gasteiger partial charge in [0.25, 0.3) is 0 Å². The first-order valence-corrected chi connectivity index (χ1v) is 6.24. The summed E-state index contributed by atoms with van der Waals surface area (Å²) in [4.78, 5) is 11.1. The molecule has 0 amide bonds. The topological polar surface area (TPSA) is 96.3 Å². The van der Waals surface area contributed by atoms with Gasteiger partial charge in [-0.2, -0.15) is 5.26 Å². The third-order valence-electron chi connectivity index (χ3n) is 3.06. The van der Waals surface area contributed by atoms with Crippen molar-refractivity contribution < 1.29 is 14.6 Å². The number of ether oxygens (including phenoxy) is 1. The number of benzene rings is 2. The SMILES string of the molecule is Cc1cc(C#N)cc(C)c1Oc1ccc(N)c(C(=O)O)c1. The molecule has 2 aromatic carbocycles. The van der Waals surface area contributed by atoms with Gasteiger partial charge in [0.2, 0.25) is 0 Å². The number of hydrogen-bond acceptors (Lipinski definition) is 4. The Morgan fingerprint density at radius 2 is 1.86 bits per heavy atom. The minimum Gasteiger partial charge on any atom is -0.478 e. The number of aromatic carboxylic acids is 1. The van der Waals surface area contributed by atoms with E-state index in [1.807, 2.05) is 13.8 Å². The van der Waals surface area contributed by atoms with E-state index in [1.54, 1.807) is 18.2 Å². The Morgan fingerprint density at radius 3 is 2.38 bits per heavy atom. The first-order valence-electron chi connectivity index (χ1n) is 6.24. The average Bonchev–Trinajstić information content (AvgIpc) is 2.43. The van der Waals surface area contributed by atoms with Crippen molar-refractivity contribution in [1.82, 2.24) is 0 Å². The molecule has 0 heterocycles. The van der Waals surface area contributed by atoms with Crippen LogP contribution in [0.1, 0.15) is 27.0 Å². The van der Waals surface area contributed by atoms with Crippen LogP contribution in [0.5, 0.6) is 11.5 Å². The van der Waals surface area contributed by atoms with Crippen LogP contribution in [-0.4, -0.2) is 11.1 Å². The molecular weight excluding hydrogens is 268 g/mol. The molecule has 21 heavy (non-hydrogen) atoms. The molecule has 0 fully saturated rings. The van der Waals surface area contributed by atoms with Crippen LogP contribution in [0.2, 0.25) is 0 Å². The molecule has 0 aliphatic rings. The minimum absolute atomic E-state index is 0.00329. The van der Waals surface area contributed by atoms with Crippen LogP contribution in [0.15, 0.2) is 30.3 Å². The zero-order valence-electron chi connectivity index (χ0n) is 11.7. The number of hydrogen-bond donors (Lipinski definition) is 2. The molecule has 2 rings (SSSR count). The molecule has 0 spiro atoms. The standard InChI is InChI=1S/C16H14N2O3/c1-9-5-11(8-17)6-10(2)15(9)21-12-3-4-14(18)13(7-12)16(19)20/h3-7H,18H2,1-2H3,(H,19,20). The molecule has 3 N–H and O–H groups in total. The Hall–Kier alpha value is -3.00. The van der Waals surface area contributed by atoms with E-state index < -0.39 is 5.97 Å². The summed E-state index contributed by atoms with van der Waals surface area (Å²) in [7, 11) is 0. The first-order chi connectivity index (χ1) is 9.92. The second-order valence-electron chi connectivity index (χ2n) is 4.71. The van der Waals surface area contributed by atoms with Crippen LogP contribution in [0.25, 0.3) is 0 Å². The maximum absolute atomic E-state index is 11.1. The van der Waals surface area contributed by atoms with Gasteiger partial charge in [-0.05, 0) is 55.3 Å². The molecular formula is C16H14N2O3. The van der Waals surface area contributed by atoms with Gasteiger partial charge in [0.1, 0.15) is 11.5 Å². The van der Waals surface area contributed by atoms with E-state index in [9.17, 15) is 4.79 Å². The largest absolute Gasteiger partial charge is 0.478 e. The zero-order valence-corrected chi connectivity index (χ0v) is 11.7. The van der Waals surface area contributed by atoms with Crippen LogP contribution in [0.4, 0.5) is 5.69 Å². The third-order valence-corrected chi connectivity index (χ3v) is 3.06. The Balaban J connectivity index is 2.42. The fourth-order valence-corrected chi connectivity index (χ4v) is 2.08.